The van der Waals surface area contributed by atoms with E-state index in [-0.39, 0.29) is 12.4 Å². The van der Waals surface area contributed by atoms with Gasteiger partial charge in [0.2, 0.25) is 0 Å². The van der Waals surface area contributed by atoms with Gasteiger partial charge in [0.25, 0.3) is 0 Å². The molecule has 1 aromatic rings. The van der Waals surface area contributed by atoms with Crippen molar-refractivity contribution in [3.05, 3.63) is 10.7 Å². The molecular weight excluding hydrogens is 173 g/mol. The normalized spacial score (nSPS) is 9.10. The van der Waals surface area contributed by atoms with Crippen molar-refractivity contribution in [1.82, 2.24) is 9.78 Å². The summed E-state index contributed by atoms with van der Waals surface area (Å²) in [5.41, 5.74) is 6.25. The van der Waals surface area contributed by atoms with Crippen LogP contribution in [0.3, 0.4) is 0 Å². The molecule has 0 aliphatic heterocycles. The Bertz CT molecular complexity index is 209. The topological polar surface area (TPSA) is 43.8 Å². The van der Waals surface area contributed by atoms with Gasteiger partial charge in [0.05, 0.1) is 5.69 Å². The van der Waals surface area contributed by atoms with Crippen LogP contribution in [-0.4, -0.2) is 9.78 Å². The Kier molecular flexibility index (Phi) is 2.99. The number of nitrogens with two attached hydrogens (primary N) is 1. The van der Waals surface area contributed by atoms with Crippen molar-refractivity contribution in [1.29, 1.82) is 0 Å². The first-order valence-electron chi connectivity index (χ1n) is 2.57. The van der Waals surface area contributed by atoms with Crippen LogP contribution in [-0.2, 0) is 7.05 Å². The molecule has 3 nitrogen and oxygen atoms in total. The van der Waals surface area contributed by atoms with Gasteiger partial charge in [-0.15, -0.1) is 12.4 Å². The maximum Gasteiger partial charge on any atom is 0.140 e. The van der Waals surface area contributed by atoms with Crippen LogP contribution in [0.25, 0.3) is 0 Å². The van der Waals surface area contributed by atoms with Gasteiger partial charge in [-0.05, 0) is 6.92 Å². The number of anilines is 1. The Hall–Kier alpha value is -0.410. The average molecular weight is 182 g/mol. The summed E-state index contributed by atoms with van der Waals surface area (Å²) in [7, 11) is 1.76. The second kappa shape index (κ2) is 3.12. The third kappa shape index (κ3) is 1.36. The summed E-state index contributed by atoms with van der Waals surface area (Å²) in [5.74, 6) is 0.522. The lowest BCUT2D eigenvalue weighted by molar-refractivity contribution is 0.767. The zero-order chi connectivity index (χ0) is 7.02. The van der Waals surface area contributed by atoms with E-state index < -0.39 is 0 Å². The number of rotatable bonds is 0. The quantitative estimate of drug-likeness (QED) is 0.658. The number of hydrogen-bond acceptors (Lipinski definition) is 2. The van der Waals surface area contributed by atoms with Gasteiger partial charge in [0, 0.05) is 7.05 Å². The number of halogens is 2. The molecule has 58 valence electrons. The number of nitrogens with zero attached hydrogens (tertiary/aromatic N) is 2. The summed E-state index contributed by atoms with van der Waals surface area (Å²) in [6.07, 6.45) is 0. The molecule has 0 saturated carbocycles. The van der Waals surface area contributed by atoms with Gasteiger partial charge in [-0.1, -0.05) is 11.6 Å². The van der Waals surface area contributed by atoms with Gasteiger partial charge in [-0.3, -0.25) is 4.68 Å². The summed E-state index contributed by atoms with van der Waals surface area (Å²) in [6.45, 7) is 1.82. The van der Waals surface area contributed by atoms with E-state index in [2.05, 4.69) is 5.10 Å². The molecule has 0 atom stereocenters. The van der Waals surface area contributed by atoms with Crippen molar-refractivity contribution in [2.45, 2.75) is 6.92 Å². The fraction of sp³-hybridized carbons (Fsp3) is 0.400. The molecule has 0 aliphatic carbocycles. The molecule has 0 aromatic carbocycles. The first-order chi connectivity index (χ1) is 4.13. The highest BCUT2D eigenvalue weighted by atomic mass is 35.5. The summed E-state index contributed by atoms with van der Waals surface area (Å²) in [6, 6.07) is 0. The lowest BCUT2D eigenvalue weighted by atomic mass is 10.5. The molecule has 5 heteroatoms. The zero-order valence-electron chi connectivity index (χ0n) is 5.76. The van der Waals surface area contributed by atoms with Gasteiger partial charge >= 0.3 is 0 Å². The first-order valence-corrected chi connectivity index (χ1v) is 2.95. The van der Waals surface area contributed by atoms with Crippen LogP contribution in [0.1, 0.15) is 5.69 Å². The second-order valence-electron chi connectivity index (χ2n) is 1.91. The molecule has 10 heavy (non-hydrogen) atoms. The maximum atomic E-state index is 5.69. The molecule has 0 amide bonds. The minimum Gasteiger partial charge on any atom is -0.383 e. The van der Waals surface area contributed by atoms with E-state index in [1.807, 2.05) is 6.92 Å². The molecule has 0 spiro atoms. The van der Waals surface area contributed by atoms with E-state index in [0.29, 0.717) is 10.8 Å². The van der Waals surface area contributed by atoms with Crippen LogP contribution >= 0.6 is 24.0 Å². The summed E-state index contributed by atoms with van der Waals surface area (Å²) in [4.78, 5) is 0. The van der Waals surface area contributed by atoms with E-state index in [4.69, 9.17) is 17.3 Å². The summed E-state index contributed by atoms with van der Waals surface area (Å²) >= 11 is 5.69. The van der Waals surface area contributed by atoms with Gasteiger partial charge in [0.1, 0.15) is 10.8 Å². The van der Waals surface area contributed by atoms with Crippen LogP contribution < -0.4 is 5.73 Å². The summed E-state index contributed by atoms with van der Waals surface area (Å²) < 4.78 is 1.55. The first kappa shape index (κ1) is 9.59. The molecule has 1 aromatic heterocycles. The van der Waals surface area contributed by atoms with E-state index in [1.165, 1.54) is 0 Å². The monoisotopic (exact) mass is 181 g/mol. The molecule has 0 fully saturated rings. The van der Waals surface area contributed by atoms with E-state index in [1.54, 1.807) is 11.7 Å². The Morgan fingerprint density at radius 1 is 1.60 bits per heavy atom. The molecule has 0 saturated heterocycles. The third-order valence-corrected chi connectivity index (χ3v) is 1.66. The number of nitrogen functional groups attached to an aromatic ring is 1. The van der Waals surface area contributed by atoms with Crippen molar-refractivity contribution in [2.24, 2.45) is 7.05 Å². The SMILES string of the molecule is Cc1nn(C)c(N)c1Cl.Cl. The zero-order valence-corrected chi connectivity index (χ0v) is 7.33. The van der Waals surface area contributed by atoms with Crippen LogP contribution in [0.15, 0.2) is 0 Å². The van der Waals surface area contributed by atoms with E-state index in [9.17, 15) is 0 Å². The fourth-order valence-corrected chi connectivity index (χ4v) is 0.810. The molecule has 1 rings (SSSR count). The van der Waals surface area contributed by atoms with E-state index >= 15 is 0 Å². The standard InChI is InChI=1S/C5H8ClN3.ClH/c1-3-4(6)5(7)9(2)8-3;/h7H2,1-2H3;1H. The Labute approximate surface area is 70.6 Å². The lowest BCUT2D eigenvalue weighted by Gasteiger charge is -1.89. The van der Waals surface area contributed by atoms with Gasteiger partial charge in [0.15, 0.2) is 0 Å². The van der Waals surface area contributed by atoms with Crippen molar-refractivity contribution >= 4 is 29.8 Å². The van der Waals surface area contributed by atoms with Crippen molar-refractivity contribution in [3.63, 3.8) is 0 Å². The molecular formula is C5H9Cl2N3. The average Bonchev–Trinajstić information content (AvgIpc) is 1.98. The Balaban J connectivity index is 0.000000810. The second-order valence-corrected chi connectivity index (χ2v) is 2.29. The van der Waals surface area contributed by atoms with E-state index in [0.717, 1.165) is 5.69 Å². The fourth-order valence-electron chi connectivity index (χ4n) is 0.650. The highest BCUT2D eigenvalue weighted by Gasteiger charge is 2.04. The van der Waals surface area contributed by atoms with Crippen LogP contribution in [0.4, 0.5) is 5.82 Å². The number of aromatic nitrogens is 2. The van der Waals surface area contributed by atoms with Crippen molar-refractivity contribution in [3.8, 4) is 0 Å². The van der Waals surface area contributed by atoms with Crippen molar-refractivity contribution in [2.75, 3.05) is 5.73 Å². The van der Waals surface area contributed by atoms with Gasteiger partial charge in [-0.25, -0.2) is 0 Å². The van der Waals surface area contributed by atoms with Crippen LogP contribution in [0, 0.1) is 6.92 Å². The molecule has 1 heterocycles. The van der Waals surface area contributed by atoms with Crippen LogP contribution in [0.2, 0.25) is 5.02 Å². The maximum absolute atomic E-state index is 5.69. The van der Waals surface area contributed by atoms with Crippen molar-refractivity contribution < 1.29 is 0 Å². The lowest BCUT2D eigenvalue weighted by Crippen LogP contribution is -1.96. The predicted octanol–water partition coefficient (Wildman–Crippen LogP) is 1.39. The predicted molar refractivity (Wildman–Crippen MR) is 44.6 cm³/mol. The molecule has 0 bridgehead atoms. The molecule has 0 aliphatic rings. The Morgan fingerprint density at radius 2 is 2.10 bits per heavy atom. The molecule has 0 unspecified atom stereocenters. The minimum atomic E-state index is 0. The number of hydrogen-bond donors (Lipinski definition) is 1. The number of aryl methyl sites for hydroxylation is 2. The summed E-state index contributed by atoms with van der Waals surface area (Å²) in [5, 5.41) is 4.52. The third-order valence-electron chi connectivity index (χ3n) is 1.19. The molecule has 0 radical (unpaired) electrons. The highest BCUT2D eigenvalue weighted by molar-refractivity contribution is 6.33. The minimum absolute atomic E-state index is 0. The highest BCUT2D eigenvalue weighted by Crippen LogP contribution is 2.20. The van der Waals surface area contributed by atoms with Gasteiger partial charge < -0.3 is 5.73 Å². The largest absolute Gasteiger partial charge is 0.383 e. The Morgan fingerprint density at radius 3 is 2.20 bits per heavy atom. The molecule has 2 N–H and O–H groups in total. The van der Waals surface area contributed by atoms with Crippen LogP contribution in [0.5, 0.6) is 0 Å². The smallest absolute Gasteiger partial charge is 0.140 e. The van der Waals surface area contributed by atoms with Gasteiger partial charge in [-0.2, -0.15) is 5.10 Å².